The van der Waals surface area contributed by atoms with Gasteiger partial charge in [-0.05, 0) is 24.5 Å². The van der Waals surface area contributed by atoms with E-state index in [9.17, 15) is 14.3 Å². The largest absolute Gasteiger partial charge is 0.391 e. The van der Waals surface area contributed by atoms with E-state index in [0.717, 1.165) is 0 Å². The number of aliphatic hydroxyl groups is 1. The van der Waals surface area contributed by atoms with Crippen LogP contribution < -0.4 is 5.32 Å². The number of Topliss-reactive ketones (excluding diaryl/α,β-unsaturated/α-hetero) is 1. The second kappa shape index (κ2) is 5.48. The van der Waals surface area contributed by atoms with Crippen molar-refractivity contribution in [2.75, 3.05) is 11.9 Å². The molecule has 0 aliphatic carbocycles. The van der Waals surface area contributed by atoms with Gasteiger partial charge in [-0.3, -0.25) is 4.79 Å². The Morgan fingerprint density at radius 1 is 1.44 bits per heavy atom. The van der Waals surface area contributed by atoms with E-state index in [4.69, 9.17) is 0 Å². The molecule has 0 fully saturated rings. The maximum Gasteiger partial charge on any atom is 0.164 e. The highest BCUT2D eigenvalue weighted by atomic mass is 19.1. The van der Waals surface area contributed by atoms with E-state index in [2.05, 4.69) is 5.32 Å². The topological polar surface area (TPSA) is 49.3 Å². The maximum absolute atomic E-state index is 13.5. The maximum atomic E-state index is 13.5. The van der Waals surface area contributed by atoms with Crippen molar-refractivity contribution in [3.05, 3.63) is 29.6 Å². The molecule has 100 valence electrons. The Morgan fingerprint density at radius 3 is 2.56 bits per heavy atom. The van der Waals surface area contributed by atoms with Crippen LogP contribution in [0.25, 0.3) is 0 Å². The Hall–Kier alpha value is -1.42. The fraction of sp³-hybridized carbons (Fsp3) is 0.500. The summed E-state index contributed by atoms with van der Waals surface area (Å²) in [6.45, 7) is 7.33. The van der Waals surface area contributed by atoms with Crippen LogP contribution in [0.15, 0.2) is 18.2 Å². The van der Waals surface area contributed by atoms with Gasteiger partial charge in [-0.1, -0.05) is 26.8 Å². The molecule has 0 radical (unpaired) electrons. The van der Waals surface area contributed by atoms with Gasteiger partial charge in [0.1, 0.15) is 5.82 Å². The Labute approximate surface area is 107 Å². The van der Waals surface area contributed by atoms with Crippen LogP contribution in [-0.2, 0) is 0 Å². The van der Waals surface area contributed by atoms with Gasteiger partial charge in [-0.2, -0.15) is 0 Å². The molecule has 18 heavy (non-hydrogen) atoms. The van der Waals surface area contributed by atoms with Crippen molar-refractivity contribution < 1.29 is 14.3 Å². The lowest BCUT2D eigenvalue weighted by molar-refractivity contribution is 0.0745. The number of carbonyl (C=O) groups is 1. The van der Waals surface area contributed by atoms with Crippen molar-refractivity contribution in [1.82, 2.24) is 0 Å². The predicted molar refractivity (Wildman–Crippen MR) is 70.4 cm³/mol. The molecule has 0 unspecified atom stereocenters. The molecule has 0 aromatic heterocycles. The van der Waals surface area contributed by atoms with E-state index in [0.29, 0.717) is 5.69 Å². The number of nitrogens with one attached hydrogen (secondary N) is 1. The summed E-state index contributed by atoms with van der Waals surface area (Å²) in [5.74, 6) is -0.876. The Balaban J connectivity index is 2.86. The zero-order chi connectivity index (χ0) is 13.9. The molecule has 1 aromatic carbocycles. The average molecular weight is 253 g/mol. The number of anilines is 1. The van der Waals surface area contributed by atoms with Gasteiger partial charge >= 0.3 is 0 Å². The number of ketones is 1. The molecule has 0 bridgehead atoms. The van der Waals surface area contributed by atoms with Crippen LogP contribution >= 0.6 is 0 Å². The summed E-state index contributed by atoms with van der Waals surface area (Å²) in [6, 6.07) is 4.42. The summed E-state index contributed by atoms with van der Waals surface area (Å²) in [7, 11) is 0. The van der Waals surface area contributed by atoms with E-state index in [1.807, 2.05) is 20.8 Å². The standard InChI is InChI=1S/C14H20FNO2/c1-9(17)13-10(15)6-5-7-11(13)16-8-12(18)14(2,3)4/h5-7,12,16,18H,8H2,1-4H3/t12-/m0/s1. The minimum atomic E-state index is -0.583. The highest BCUT2D eigenvalue weighted by molar-refractivity contribution is 5.99. The molecule has 0 spiro atoms. The summed E-state index contributed by atoms with van der Waals surface area (Å²) in [5, 5.41) is 12.8. The number of halogens is 1. The second-order valence-electron chi connectivity index (χ2n) is 5.48. The summed E-state index contributed by atoms with van der Waals surface area (Å²) in [4.78, 5) is 11.4. The van der Waals surface area contributed by atoms with Gasteiger partial charge in [0.15, 0.2) is 5.78 Å². The molecule has 0 saturated heterocycles. The van der Waals surface area contributed by atoms with Crippen molar-refractivity contribution in [2.24, 2.45) is 5.41 Å². The fourth-order valence-electron chi connectivity index (χ4n) is 1.54. The summed E-state index contributed by atoms with van der Waals surface area (Å²) in [5.41, 5.74) is 0.195. The van der Waals surface area contributed by atoms with Crippen LogP contribution in [0.5, 0.6) is 0 Å². The second-order valence-corrected chi connectivity index (χ2v) is 5.48. The lowest BCUT2D eigenvalue weighted by Gasteiger charge is -2.26. The molecular formula is C14H20FNO2. The van der Waals surface area contributed by atoms with Gasteiger partial charge in [0.05, 0.1) is 11.7 Å². The van der Waals surface area contributed by atoms with Crippen LogP contribution in [0.3, 0.4) is 0 Å². The molecule has 0 aliphatic heterocycles. The molecule has 2 N–H and O–H groups in total. The Morgan fingerprint density at radius 2 is 2.06 bits per heavy atom. The molecule has 3 nitrogen and oxygen atoms in total. The quantitative estimate of drug-likeness (QED) is 0.811. The van der Waals surface area contributed by atoms with Gasteiger partial charge in [0, 0.05) is 12.2 Å². The molecular weight excluding hydrogens is 233 g/mol. The van der Waals surface area contributed by atoms with Crippen molar-refractivity contribution in [3.8, 4) is 0 Å². The minimum absolute atomic E-state index is 0.0404. The number of benzene rings is 1. The number of hydrogen-bond acceptors (Lipinski definition) is 3. The average Bonchev–Trinajstić information content (AvgIpc) is 2.23. The third-order valence-electron chi connectivity index (χ3n) is 2.85. The highest BCUT2D eigenvalue weighted by Crippen LogP contribution is 2.22. The fourth-order valence-corrected chi connectivity index (χ4v) is 1.54. The van der Waals surface area contributed by atoms with Gasteiger partial charge in [0.25, 0.3) is 0 Å². The number of carbonyl (C=O) groups excluding carboxylic acids is 1. The van der Waals surface area contributed by atoms with Crippen molar-refractivity contribution in [1.29, 1.82) is 0 Å². The summed E-state index contributed by atoms with van der Waals surface area (Å²) in [6.07, 6.45) is -0.583. The first kappa shape index (κ1) is 14.6. The number of aliphatic hydroxyl groups excluding tert-OH is 1. The van der Waals surface area contributed by atoms with Crippen molar-refractivity contribution in [2.45, 2.75) is 33.8 Å². The first-order valence-electron chi connectivity index (χ1n) is 5.95. The third kappa shape index (κ3) is 3.53. The molecule has 0 amide bonds. The predicted octanol–water partition coefficient (Wildman–Crippen LogP) is 2.85. The van der Waals surface area contributed by atoms with Crippen LogP contribution in [0.2, 0.25) is 0 Å². The summed E-state index contributed by atoms with van der Waals surface area (Å²) >= 11 is 0. The van der Waals surface area contributed by atoms with Crippen LogP contribution in [-0.4, -0.2) is 23.5 Å². The monoisotopic (exact) mass is 253 g/mol. The first-order valence-corrected chi connectivity index (χ1v) is 5.95. The third-order valence-corrected chi connectivity index (χ3v) is 2.85. The normalized spacial score (nSPS) is 13.2. The van der Waals surface area contributed by atoms with Crippen LogP contribution in [0.1, 0.15) is 38.1 Å². The minimum Gasteiger partial charge on any atom is -0.391 e. The van der Waals surface area contributed by atoms with Crippen LogP contribution in [0.4, 0.5) is 10.1 Å². The zero-order valence-electron chi connectivity index (χ0n) is 11.2. The van der Waals surface area contributed by atoms with Crippen molar-refractivity contribution >= 4 is 11.5 Å². The zero-order valence-corrected chi connectivity index (χ0v) is 11.2. The molecule has 0 aliphatic rings. The molecule has 1 aromatic rings. The molecule has 1 rings (SSSR count). The molecule has 4 heteroatoms. The highest BCUT2D eigenvalue weighted by Gasteiger charge is 2.22. The van der Waals surface area contributed by atoms with E-state index >= 15 is 0 Å². The Kier molecular flexibility index (Phi) is 4.46. The molecule has 0 heterocycles. The van der Waals surface area contributed by atoms with E-state index < -0.39 is 11.9 Å². The van der Waals surface area contributed by atoms with Gasteiger partial charge < -0.3 is 10.4 Å². The van der Waals surface area contributed by atoms with Gasteiger partial charge in [0.2, 0.25) is 0 Å². The SMILES string of the molecule is CC(=O)c1c(F)cccc1NC[C@H](O)C(C)(C)C. The lowest BCUT2D eigenvalue weighted by Crippen LogP contribution is -2.33. The van der Waals surface area contributed by atoms with Crippen molar-refractivity contribution in [3.63, 3.8) is 0 Å². The van der Waals surface area contributed by atoms with Gasteiger partial charge in [-0.25, -0.2) is 4.39 Å². The van der Waals surface area contributed by atoms with Crippen LogP contribution in [0, 0.1) is 11.2 Å². The lowest BCUT2D eigenvalue weighted by atomic mass is 9.89. The summed E-state index contributed by atoms with van der Waals surface area (Å²) < 4.78 is 13.5. The molecule has 1 atom stereocenters. The number of hydrogen-bond donors (Lipinski definition) is 2. The smallest absolute Gasteiger partial charge is 0.164 e. The first-order chi connectivity index (χ1) is 8.23. The van der Waals surface area contributed by atoms with E-state index in [-0.39, 0.29) is 23.3 Å². The molecule has 0 saturated carbocycles. The van der Waals surface area contributed by atoms with Gasteiger partial charge in [-0.15, -0.1) is 0 Å². The Bertz CT molecular complexity index is 438. The number of rotatable bonds is 4. The van der Waals surface area contributed by atoms with E-state index in [1.165, 1.54) is 19.1 Å². The van der Waals surface area contributed by atoms with E-state index in [1.54, 1.807) is 6.07 Å².